The SMILES string of the molecule is CN=C(NCCCN1C(=O)COc2ccccc21)N1CC(C)(C)C1(C)C. The lowest BCUT2D eigenvalue weighted by Gasteiger charge is -2.62. The molecule has 1 aromatic carbocycles. The summed E-state index contributed by atoms with van der Waals surface area (Å²) in [6.07, 6.45) is 0.844. The molecule has 0 radical (unpaired) electrons. The van der Waals surface area contributed by atoms with Gasteiger partial charge in [0.05, 0.1) is 5.69 Å². The number of hydrogen-bond acceptors (Lipinski definition) is 3. The van der Waals surface area contributed by atoms with Crippen LogP contribution in [0.3, 0.4) is 0 Å². The maximum absolute atomic E-state index is 12.2. The van der Waals surface area contributed by atoms with E-state index in [0.29, 0.717) is 6.54 Å². The van der Waals surface area contributed by atoms with Crippen molar-refractivity contribution < 1.29 is 9.53 Å². The number of nitrogens with one attached hydrogen (secondary N) is 1. The molecule has 3 rings (SSSR count). The summed E-state index contributed by atoms with van der Waals surface area (Å²) in [5.41, 5.74) is 1.21. The van der Waals surface area contributed by atoms with Crippen molar-refractivity contribution in [1.29, 1.82) is 0 Å². The highest BCUT2D eigenvalue weighted by Gasteiger charge is 2.53. The van der Waals surface area contributed by atoms with Crippen LogP contribution in [0.25, 0.3) is 0 Å². The summed E-state index contributed by atoms with van der Waals surface area (Å²) in [4.78, 5) is 20.8. The lowest BCUT2D eigenvalue weighted by atomic mass is 9.65. The van der Waals surface area contributed by atoms with Gasteiger partial charge >= 0.3 is 0 Å². The van der Waals surface area contributed by atoms with Gasteiger partial charge in [0.15, 0.2) is 12.6 Å². The van der Waals surface area contributed by atoms with Crippen molar-refractivity contribution in [3.8, 4) is 5.75 Å². The Hall–Kier alpha value is -2.24. The number of carbonyl (C=O) groups is 1. The van der Waals surface area contributed by atoms with E-state index in [1.165, 1.54) is 0 Å². The molecule has 2 heterocycles. The van der Waals surface area contributed by atoms with Crippen molar-refractivity contribution in [2.24, 2.45) is 10.4 Å². The molecule has 6 heteroatoms. The second-order valence-corrected chi connectivity index (χ2v) is 8.16. The molecule has 1 N–H and O–H groups in total. The van der Waals surface area contributed by atoms with Crippen LogP contribution in [0.2, 0.25) is 0 Å². The summed E-state index contributed by atoms with van der Waals surface area (Å²) in [5.74, 6) is 1.72. The number of rotatable bonds is 4. The van der Waals surface area contributed by atoms with E-state index in [4.69, 9.17) is 4.74 Å². The molecule has 0 bridgehead atoms. The Labute approximate surface area is 156 Å². The molecule has 0 aromatic heterocycles. The van der Waals surface area contributed by atoms with Crippen LogP contribution in [0.4, 0.5) is 5.69 Å². The molecule has 0 atom stereocenters. The molecule has 2 aliphatic heterocycles. The zero-order valence-corrected chi connectivity index (χ0v) is 16.5. The number of guanidine groups is 1. The molecule has 142 valence electrons. The zero-order valence-electron chi connectivity index (χ0n) is 16.5. The van der Waals surface area contributed by atoms with Gasteiger partial charge in [0.25, 0.3) is 5.91 Å². The molecular formula is C20H30N4O2. The Morgan fingerprint density at radius 2 is 2.00 bits per heavy atom. The number of fused-ring (bicyclic) bond motifs is 1. The minimum atomic E-state index is 0.0127. The third kappa shape index (κ3) is 3.13. The second-order valence-electron chi connectivity index (χ2n) is 8.16. The number of anilines is 1. The summed E-state index contributed by atoms with van der Waals surface area (Å²) < 4.78 is 5.49. The van der Waals surface area contributed by atoms with E-state index in [-0.39, 0.29) is 23.5 Å². The fraction of sp³-hybridized carbons (Fsp3) is 0.600. The Balaban J connectivity index is 1.54. The van der Waals surface area contributed by atoms with Crippen molar-refractivity contribution in [3.05, 3.63) is 24.3 Å². The maximum atomic E-state index is 12.2. The van der Waals surface area contributed by atoms with Crippen LogP contribution in [0.15, 0.2) is 29.3 Å². The first-order valence-electron chi connectivity index (χ1n) is 9.28. The molecule has 0 saturated carbocycles. The molecule has 2 aliphatic rings. The number of para-hydroxylation sites is 2. The van der Waals surface area contributed by atoms with Crippen molar-refractivity contribution in [1.82, 2.24) is 10.2 Å². The van der Waals surface area contributed by atoms with E-state index in [1.54, 1.807) is 0 Å². The summed E-state index contributed by atoms with van der Waals surface area (Å²) in [6, 6.07) is 7.70. The molecule has 1 saturated heterocycles. The third-order valence-corrected chi connectivity index (χ3v) is 6.00. The van der Waals surface area contributed by atoms with E-state index in [2.05, 4.69) is 42.9 Å². The van der Waals surface area contributed by atoms with Crippen LogP contribution in [-0.2, 0) is 4.79 Å². The van der Waals surface area contributed by atoms with Gasteiger partial charge in [-0.1, -0.05) is 26.0 Å². The van der Waals surface area contributed by atoms with Crippen molar-refractivity contribution in [2.75, 3.05) is 38.2 Å². The van der Waals surface area contributed by atoms with Crippen molar-refractivity contribution in [2.45, 2.75) is 39.7 Å². The first-order chi connectivity index (χ1) is 12.3. The average Bonchev–Trinajstić information content (AvgIpc) is 2.62. The van der Waals surface area contributed by atoms with Gasteiger partial charge in [0, 0.05) is 37.6 Å². The molecule has 0 spiro atoms. The second kappa shape index (κ2) is 6.82. The predicted octanol–water partition coefficient (Wildman–Crippen LogP) is 2.50. The van der Waals surface area contributed by atoms with Crippen LogP contribution in [0.5, 0.6) is 5.75 Å². The van der Waals surface area contributed by atoms with Crippen LogP contribution in [-0.4, -0.2) is 55.6 Å². The number of likely N-dealkylation sites (tertiary alicyclic amines) is 1. The Morgan fingerprint density at radius 1 is 1.27 bits per heavy atom. The zero-order chi connectivity index (χ0) is 18.9. The van der Waals surface area contributed by atoms with E-state index >= 15 is 0 Å². The van der Waals surface area contributed by atoms with Crippen LogP contribution in [0.1, 0.15) is 34.1 Å². The highest BCUT2D eigenvalue weighted by molar-refractivity contribution is 5.97. The molecular weight excluding hydrogens is 328 g/mol. The number of aliphatic imine (C=N–C) groups is 1. The van der Waals surface area contributed by atoms with Gasteiger partial charge in [0.1, 0.15) is 5.75 Å². The van der Waals surface area contributed by atoms with E-state index in [0.717, 1.165) is 36.9 Å². The molecule has 1 aromatic rings. The van der Waals surface area contributed by atoms with Gasteiger partial charge in [-0.15, -0.1) is 0 Å². The Morgan fingerprint density at radius 3 is 2.65 bits per heavy atom. The Kier molecular flexibility index (Phi) is 4.86. The lowest BCUT2D eigenvalue weighted by molar-refractivity contribution is -0.121. The topological polar surface area (TPSA) is 57.2 Å². The molecule has 1 fully saturated rings. The quantitative estimate of drug-likeness (QED) is 0.510. The minimum Gasteiger partial charge on any atom is -0.482 e. The number of benzene rings is 1. The van der Waals surface area contributed by atoms with Crippen LogP contribution >= 0.6 is 0 Å². The van der Waals surface area contributed by atoms with Gasteiger partial charge in [-0.2, -0.15) is 0 Å². The normalized spacial score (nSPS) is 21.0. The molecule has 1 amide bonds. The van der Waals surface area contributed by atoms with Gasteiger partial charge in [-0.25, -0.2) is 0 Å². The van der Waals surface area contributed by atoms with Crippen molar-refractivity contribution in [3.63, 3.8) is 0 Å². The summed E-state index contributed by atoms with van der Waals surface area (Å²) in [6.45, 7) is 11.6. The molecule has 0 aliphatic carbocycles. The highest BCUT2D eigenvalue weighted by Crippen LogP contribution is 2.46. The smallest absolute Gasteiger partial charge is 0.265 e. The number of nitrogens with zero attached hydrogens (tertiary/aromatic N) is 3. The van der Waals surface area contributed by atoms with E-state index in [9.17, 15) is 4.79 Å². The van der Waals surface area contributed by atoms with E-state index < -0.39 is 0 Å². The Bertz CT molecular complexity index is 712. The van der Waals surface area contributed by atoms with Gasteiger partial charge in [0.2, 0.25) is 0 Å². The van der Waals surface area contributed by atoms with Crippen LogP contribution < -0.4 is 15.0 Å². The number of amides is 1. The van der Waals surface area contributed by atoms with E-state index in [1.807, 2.05) is 36.2 Å². The number of carbonyl (C=O) groups excluding carboxylic acids is 1. The predicted molar refractivity (Wildman–Crippen MR) is 105 cm³/mol. The summed E-state index contributed by atoms with van der Waals surface area (Å²) >= 11 is 0. The fourth-order valence-corrected chi connectivity index (χ4v) is 3.53. The van der Waals surface area contributed by atoms with Gasteiger partial charge in [-0.3, -0.25) is 9.79 Å². The largest absolute Gasteiger partial charge is 0.482 e. The average molecular weight is 358 g/mol. The summed E-state index contributed by atoms with van der Waals surface area (Å²) in [5, 5.41) is 3.45. The lowest BCUT2D eigenvalue weighted by Crippen LogP contribution is -2.72. The standard InChI is InChI=1S/C20H30N4O2/c1-19(2)14-24(20(19,3)4)18(21-5)22-11-8-12-23-15-9-6-7-10-16(15)26-13-17(23)25/h6-7,9-10H,8,11-14H2,1-5H3,(H,21,22). The first kappa shape index (κ1) is 18.5. The monoisotopic (exact) mass is 358 g/mol. The summed E-state index contributed by atoms with van der Waals surface area (Å²) in [7, 11) is 1.82. The first-order valence-corrected chi connectivity index (χ1v) is 9.28. The molecule has 26 heavy (non-hydrogen) atoms. The third-order valence-electron chi connectivity index (χ3n) is 6.00. The molecule has 6 nitrogen and oxygen atoms in total. The minimum absolute atomic E-state index is 0.0127. The van der Waals surface area contributed by atoms with Crippen molar-refractivity contribution >= 4 is 17.6 Å². The van der Waals surface area contributed by atoms with Gasteiger partial charge in [-0.05, 0) is 32.4 Å². The molecule has 0 unspecified atom stereocenters. The highest BCUT2D eigenvalue weighted by atomic mass is 16.5. The number of ether oxygens (including phenoxy) is 1. The maximum Gasteiger partial charge on any atom is 0.265 e. The van der Waals surface area contributed by atoms with Gasteiger partial charge < -0.3 is 19.9 Å². The van der Waals surface area contributed by atoms with Crippen LogP contribution in [0, 0.1) is 5.41 Å². The fourth-order valence-electron chi connectivity index (χ4n) is 3.53. The number of hydrogen-bond donors (Lipinski definition) is 1.